The van der Waals surface area contributed by atoms with E-state index in [-0.39, 0.29) is 36.2 Å². The standard InChI is InChI=1S/C15H17BrN2O6S/c1-22-8-7-18(9-14-17-13(10-24-14)15(19)23-2)25(20,21)12-5-3-11(16)4-6-12/h3-6,10H,7-9H2,1-2H3. The summed E-state index contributed by atoms with van der Waals surface area (Å²) < 4.78 is 42.3. The Hall–Kier alpha value is -1.75. The highest BCUT2D eigenvalue weighted by Crippen LogP contribution is 2.20. The summed E-state index contributed by atoms with van der Waals surface area (Å²) >= 11 is 3.27. The predicted molar refractivity (Wildman–Crippen MR) is 91.5 cm³/mol. The first-order chi connectivity index (χ1) is 11.9. The molecule has 0 amide bonds. The third-order valence-electron chi connectivity index (χ3n) is 3.25. The van der Waals surface area contributed by atoms with Crippen molar-refractivity contribution >= 4 is 31.9 Å². The van der Waals surface area contributed by atoms with Crippen LogP contribution in [0, 0.1) is 0 Å². The van der Waals surface area contributed by atoms with E-state index in [1.807, 2.05) is 0 Å². The number of oxazole rings is 1. The first-order valence-electron chi connectivity index (χ1n) is 7.16. The summed E-state index contributed by atoms with van der Waals surface area (Å²) in [7, 11) is -1.09. The zero-order chi connectivity index (χ0) is 18.4. The van der Waals surface area contributed by atoms with Gasteiger partial charge in [0.2, 0.25) is 15.9 Å². The molecule has 0 aliphatic carbocycles. The smallest absolute Gasteiger partial charge is 0.360 e. The molecule has 0 fully saturated rings. The SMILES string of the molecule is COCCN(Cc1nc(C(=O)OC)co1)S(=O)(=O)c1ccc(Br)cc1. The maximum atomic E-state index is 12.8. The van der Waals surface area contributed by atoms with E-state index in [1.54, 1.807) is 12.1 Å². The van der Waals surface area contributed by atoms with Gasteiger partial charge in [0.25, 0.3) is 0 Å². The van der Waals surface area contributed by atoms with Gasteiger partial charge >= 0.3 is 5.97 Å². The highest BCUT2D eigenvalue weighted by atomic mass is 79.9. The van der Waals surface area contributed by atoms with Crippen molar-refractivity contribution in [3.63, 3.8) is 0 Å². The monoisotopic (exact) mass is 432 g/mol. The van der Waals surface area contributed by atoms with Gasteiger partial charge in [0, 0.05) is 18.1 Å². The number of nitrogens with zero attached hydrogens (tertiary/aromatic N) is 2. The van der Waals surface area contributed by atoms with E-state index in [9.17, 15) is 13.2 Å². The second-order valence-electron chi connectivity index (χ2n) is 4.90. The molecule has 0 N–H and O–H groups in total. The number of benzene rings is 1. The van der Waals surface area contributed by atoms with E-state index < -0.39 is 16.0 Å². The van der Waals surface area contributed by atoms with Gasteiger partial charge in [-0.3, -0.25) is 0 Å². The highest BCUT2D eigenvalue weighted by Gasteiger charge is 2.26. The predicted octanol–water partition coefficient (Wildman–Crippen LogP) is 2.06. The van der Waals surface area contributed by atoms with Crippen LogP contribution in [-0.4, -0.2) is 51.0 Å². The summed E-state index contributed by atoms with van der Waals surface area (Å²) in [4.78, 5) is 15.5. The Morgan fingerprint density at radius 1 is 1.28 bits per heavy atom. The number of ether oxygens (including phenoxy) is 2. The molecule has 0 saturated heterocycles. The lowest BCUT2D eigenvalue weighted by Crippen LogP contribution is -2.33. The molecular weight excluding hydrogens is 416 g/mol. The van der Waals surface area contributed by atoms with Crippen molar-refractivity contribution in [3.8, 4) is 0 Å². The largest absolute Gasteiger partial charge is 0.464 e. The van der Waals surface area contributed by atoms with Crippen molar-refractivity contribution in [2.75, 3.05) is 27.4 Å². The number of carbonyl (C=O) groups excluding carboxylic acids is 1. The Bertz CT molecular complexity index is 819. The van der Waals surface area contributed by atoms with Gasteiger partial charge in [-0.05, 0) is 24.3 Å². The molecule has 10 heteroatoms. The molecule has 2 rings (SSSR count). The van der Waals surface area contributed by atoms with E-state index in [1.165, 1.54) is 30.7 Å². The lowest BCUT2D eigenvalue weighted by atomic mass is 10.4. The lowest BCUT2D eigenvalue weighted by Gasteiger charge is -2.20. The summed E-state index contributed by atoms with van der Waals surface area (Å²) in [5, 5.41) is 0. The molecule has 0 saturated carbocycles. The molecular formula is C15H17BrN2O6S. The molecule has 0 unspecified atom stereocenters. The quantitative estimate of drug-likeness (QED) is 0.588. The van der Waals surface area contributed by atoms with Crippen LogP contribution in [-0.2, 0) is 26.0 Å². The summed E-state index contributed by atoms with van der Waals surface area (Å²) in [6, 6.07) is 6.27. The molecule has 2 aromatic rings. The average Bonchev–Trinajstić information content (AvgIpc) is 3.06. The van der Waals surface area contributed by atoms with Crippen LogP contribution in [0.3, 0.4) is 0 Å². The Morgan fingerprint density at radius 2 is 1.96 bits per heavy atom. The number of hydrogen-bond donors (Lipinski definition) is 0. The highest BCUT2D eigenvalue weighted by molar-refractivity contribution is 9.10. The van der Waals surface area contributed by atoms with Gasteiger partial charge in [0.05, 0.1) is 25.2 Å². The molecule has 1 aromatic carbocycles. The van der Waals surface area contributed by atoms with E-state index >= 15 is 0 Å². The van der Waals surface area contributed by atoms with Crippen LogP contribution < -0.4 is 0 Å². The minimum Gasteiger partial charge on any atom is -0.464 e. The lowest BCUT2D eigenvalue weighted by molar-refractivity contribution is 0.0594. The van der Waals surface area contributed by atoms with Crippen LogP contribution in [0.1, 0.15) is 16.4 Å². The molecule has 0 spiro atoms. The van der Waals surface area contributed by atoms with E-state index in [0.29, 0.717) is 0 Å². The topological polar surface area (TPSA) is 98.9 Å². The molecule has 0 aliphatic heterocycles. The number of hydrogen-bond acceptors (Lipinski definition) is 7. The van der Waals surface area contributed by atoms with Crippen LogP contribution >= 0.6 is 15.9 Å². The van der Waals surface area contributed by atoms with E-state index in [0.717, 1.165) is 10.7 Å². The molecule has 25 heavy (non-hydrogen) atoms. The molecule has 0 radical (unpaired) electrons. The van der Waals surface area contributed by atoms with Crippen molar-refractivity contribution in [1.29, 1.82) is 0 Å². The van der Waals surface area contributed by atoms with Crippen molar-refractivity contribution in [3.05, 3.63) is 46.6 Å². The number of halogens is 1. The summed E-state index contributed by atoms with van der Waals surface area (Å²) in [6.45, 7) is 0.157. The Balaban J connectivity index is 2.27. The summed E-state index contributed by atoms with van der Waals surface area (Å²) in [5.41, 5.74) is -0.0229. The molecule has 136 valence electrons. The molecule has 1 aromatic heterocycles. The second-order valence-corrected chi connectivity index (χ2v) is 7.76. The van der Waals surface area contributed by atoms with E-state index in [4.69, 9.17) is 9.15 Å². The third kappa shape index (κ3) is 4.88. The molecule has 8 nitrogen and oxygen atoms in total. The van der Waals surface area contributed by atoms with Crippen molar-refractivity contribution in [1.82, 2.24) is 9.29 Å². The maximum Gasteiger partial charge on any atom is 0.360 e. The van der Waals surface area contributed by atoms with Gasteiger partial charge < -0.3 is 13.9 Å². The van der Waals surface area contributed by atoms with Crippen LogP contribution in [0.4, 0.5) is 0 Å². The van der Waals surface area contributed by atoms with Crippen LogP contribution in [0.2, 0.25) is 0 Å². The van der Waals surface area contributed by atoms with Crippen molar-refractivity contribution in [2.45, 2.75) is 11.4 Å². The molecule has 0 bridgehead atoms. The Labute approximate surface area is 153 Å². The zero-order valence-electron chi connectivity index (χ0n) is 13.6. The number of methoxy groups -OCH3 is 2. The number of carbonyl (C=O) groups is 1. The van der Waals surface area contributed by atoms with Gasteiger partial charge in [-0.1, -0.05) is 15.9 Å². The summed E-state index contributed by atoms with van der Waals surface area (Å²) in [6.07, 6.45) is 1.13. The molecule has 0 aliphatic rings. The third-order valence-corrected chi connectivity index (χ3v) is 5.64. The van der Waals surface area contributed by atoms with Crippen molar-refractivity contribution in [2.24, 2.45) is 0 Å². The fraction of sp³-hybridized carbons (Fsp3) is 0.333. The van der Waals surface area contributed by atoms with Gasteiger partial charge in [-0.2, -0.15) is 4.31 Å². The van der Waals surface area contributed by atoms with Gasteiger partial charge in [-0.15, -0.1) is 0 Å². The minimum atomic E-state index is -3.79. The van der Waals surface area contributed by atoms with Gasteiger partial charge in [0.15, 0.2) is 5.69 Å². The van der Waals surface area contributed by atoms with E-state index in [2.05, 4.69) is 25.7 Å². The normalized spacial score (nSPS) is 11.7. The Kier molecular flexibility index (Phi) is 6.71. The maximum absolute atomic E-state index is 12.8. The van der Waals surface area contributed by atoms with Gasteiger partial charge in [-0.25, -0.2) is 18.2 Å². The van der Waals surface area contributed by atoms with Gasteiger partial charge in [0.1, 0.15) is 6.26 Å². The fourth-order valence-electron chi connectivity index (χ4n) is 1.97. The average molecular weight is 433 g/mol. The number of sulfonamides is 1. The minimum absolute atomic E-state index is 0.0229. The number of aromatic nitrogens is 1. The van der Waals surface area contributed by atoms with Crippen LogP contribution in [0.5, 0.6) is 0 Å². The zero-order valence-corrected chi connectivity index (χ0v) is 16.0. The first-order valence-corrected chi connectivity index (χ1v) is 9.39. The molecule has 0 atom stereocenters. The molecule has 1 heterocycles. The van der Waals surface area contributed by atoms with Crippen molar-refractivity contribution < 1.29 is 27.1 Å². The fourth-order valence-corrected chi connectivity index (χ4v) is 3.60. The summed E-state index contributed by atoms with van der Waals surface area (Å²) in [5.74, 6) is -0.577. The number of esters is 1. The Morgan fingerprint density at radius 3 is 2.56 bits per heavy atom. The second kappa shape index (κ2) is 8.56. The number of rotatable bonds is 8. The van der Waals surface area contributed by atoms with Crippen LogP contribution in [0.15, 0.2) is 44.3 Å². The van der Waals surface area contributed by atoms with Crippen LogP contribution in [0.25, 0.3) is 0 Å². The first kappa shape index (κ1) is 19.6.